The number of hydrogen-bond acceptors (Lipinski definition) is 2. The van der Waals surface area contributed by atoms with Gasteiger partial charge in [-0.2, -0.15) is 0 Å². The number of carbonyl (C=O) groups excluding carboxylic acids is 1. The van der Waals surface area contributed by atoms with Crippen LogP contribution in [0, 0.1) is 12.8 Å². The monoisotopic (exact) mass is 276 g/mol. The number of amides is 2. The van der Waals surface area contributed by atoms with Gasteiger partial charge >= 0.3 is 12.0 Å². The van der Waals surface area contributed by atoms with Crippen molar-refractivity contribution in [2.75, 3.05) is 12.4 Å². The molecule has 0 saturated heterocycles. The molecule has 0 heterocycles. The summed E-state index contributed by atoms with van der Waals surface area (Å²) in [5.74, 6) is -0.405. The van der Waals surface area contributed by atoms with Crippen LogP contribution in [0.2, 0.25) is 0 Å². The summed E-state index contributed by atoms with van der Waals surface area (Å²) >= 11 is 0. The Bertz CT molecular complexity index is 538. The topological polar surface area (TPSA) is 69.6 Å². The zero-order chi connectivity index (χ0) is 14.9. The van der Waals surface area contributed by atoms with E-state index >= 15 is 0 Å². The fraction of sp³-hybridized carbons (Fsp3) is 0.467. The maximum Gasteiger partial charge on any atom is 0.335 e. The van der Waals surface area contributed by atoms with Gasteiger partial charge in [-0.25, -0.2) is 9.59 Å². The van der Waals surface area contributed by atoms with E-state index in [4.69, 9.17) is 5.11 Å². The maximum absolute atomic E-state index is 12.2. The molecule has 0 aliphatic heterocycles. The Morgan fingerprint density at radius 2 is 2.05 bits per heavy atom. The molecule has 1 aromatic rings. The van der Waals surface area contributed by atoms with Gasteiger partial charge < -0.3 is 15.3 Å². The van der Waals surface area contributed by atoms with Crippen LogP contribution < -0.4 is 5.32 Å². The van der Waals surface area contributed by atoms with Gasteiger partial charge in [-0.15, -0.1) is 0 Å². The van der Waals surface area contributed by atoms with E-state index in [1.54, 1.807) is 18.0 Å². The Balaban J connectivity index is 2.10. The average Bonchev–Trinajstić information content (AvgIpc) is 3.23. The number of carbonyl (C=O) groups is 2. The van der Waals surface area contributed by atoms with Crippen molar-refractivity contribution >= 4 is 17.7 Å². The minimum absolute atomic E-state index is 0.170. The van der Waals surface area contributed by atoms with Crippen LogP contribution in [0.15, 0.2) is 18.2 Å². The van der Waals surface area contributed by atoms with Crippen molar-refractivity contribution in [3.8, 4) is 0 Å². The highest BCUT2D eigenvalue weighted by Gasteiger charge is 2.32. The fourth-order valence-corrected chi connectivity index (χ4v) is 2.17. The maximum atomic E-state index is 12.2. The molecule has 108 valence electrons. The Morgan fingerprint density at radius 3 is 2.60 bits per heavy atom. The van der Waals surface area contributed by atoms with Gasteiger partial charge in [0, 0.05) is 18.8 Å². The van der Waals surface area contributed by atoms with E-state index in [1.165, 1.54) is 25.0 Å². The van der Waals surface area contributed by atoms with Crippen LogP contribution in [0.3, 0.4) is 0 Å². The second-order valence-electron chi connectivity index (χ2n) is 5.45. The van der Waals surface area contributed by atoms with Crippen molar-refractivity contribution < 1.29 is 14.7 Å². The van der Waals surface area contributed by atoms with E-state index in [2.05, 4.69) is 5.32 Å². The van der Waals surface area contributed by atoms with Crippen LogP contribution in [-0.4, -0.2) is 35.1 Å². The van der Waals surface area contributed by atoms with Gasteiger partial charge in [0.2, 0.25) is 0 Å². The molecule has 2 rings (SSSR count). The van der Waals surface area contributed by atoms with Crippen molar-refractivity contribution in [1.29, 1.82) is 0 Å². The van der Waals surface area contributed by atoms with Crippen molar-refractivity contribution in [3.63, 3.8) is 0 Å². The van der Waals surface area contributed by atoms with Crippen LogP contribution in [0.5, 0.6) is 0 Å². The summed E-state index contributed by atoms with van der Waals surface area (Å²) < 4.78 is 0. The zero-order valence-corrected chi connectivity index (χ0v) is 12.0. The Morgan fingerprint density at radius 1 is 1.40 bits per heavy atom. The van der Waals surface area contributed by atoms with Gasteiger partial charge in [0.25, 0.3) is 0 Å². The fourth-order valence-electron chi connectivity index (χ4n) is 2.17. The van der Waals surface area contributed by atoms with E-state index in [1.807, 2.05) is 13.8 Å². The van der Waals surface area contributed by atoms with Crippen LogP contribution in [0.1, 0.15) is 35.7 Å². The summed E-state index contributed by atoms with van der Waals surface area (Å²) in [6.07, 6.45) is 2.35. The molecule has 1 fully saturated rings. The van der Waals surface area contributed by atoms with Crippen molar-refractivity contribution in [2.45, 2.75) is 32.7 Å². The lowest BCUT2D eigenvalue weighted by molar-refractivity contribution is 0.0697. The van der Waals surface area contributed by atoms with E-state index in [-0.39, 0.29) is 17.6 Å². The lowest BCUT2D eigenvalue weighted by Crippen LogP contribution is -2.39. The molecule has 1 saturated carbocycles. The Labute approximate surface area is 118 Å². The first kappa shape index (κ1) is 14.4. The van der Waals surface area contributed by atoms with Crippen LogP contribution >= 0.6 is 0 Å². The van der Waals surface area contributed by atoms with Gasteiger partial charge in [0.1, 0.15) is 0 Å². The number of carboxylic acids is 1. The highest BCUT2D eigenvalue weighted by molar-refractivity contribution is 5.94. The smallest absolute Gasteiger partial charge is 0.335 e. The molecule has 5 heteroatoms. The molecule has 5 nitrogen and oxygen atoms in total. The molecule has 0 radical (unpaired) electrons. The highest BCUT2D eigenvalue weighted by Crippen LogP contribution is 2.34. The van der Waals surface area contributed by atoms with Crippen molar-refractivity contribution in [2.24, 2.45) is 5.92 Å². The lowest BCUT2D eigenvalue weighted by Gasteiger charge is -2.25. The number of hydrogen-bond donors (Lipinski definition) is 2. The normalized spacial score (nSPS) is 15.6. The van der Waals surface area contributed by atoms with Gasteiger partial charge in [-0.3, -0.25) is 0 Å². The standard InChI is InChI=1S/C15H20N2O3/c1-9-4-5-12(14(18)19)8-13(9)16-15(20)17(3)10(2)11-6-7-11/h4-5,8,10-11H,6-7H2,1-3H3,(H,16,20)(H,18,19). The third-order valence-electron chi connectivity index (χ3n) is 3.96. The first-order valence-corrected chi connectivity index (χ1v) is 6.78. The van der Waals surface area contributed by atoms with Crippen LogP contribution in [0.25, 0.3) is 0 Å². The molecule has 1 aliphatic rings. The molecule has 1 atom stereocenters. The molecule has 0 bridgehead atoms. The predicted octanol–water partition coefficient (Wildman–Crippen LogP) is 2.96. The first-order valence-electron chi connectivity index (χ1n) is 6.78. The molecule has 1 unspecified atom stereocenters. The number of benzene rings is 1. The summed E-state index contributed by atoms with van der Waals surface area (Å²) in [6.45, 7) is 3.88. The van der Waals surface area contributed by atoms with Gasteiger partial charge in [-0.05, 0) is 50.3 Å². The summed E-state index contributed by atoms with van der Waals surface area (Å²) in [7, 11) is 1.77. The molecular weight excluding hydrogens is 256 g/mol. The van der Waals surface area contributed by atoms with Gasteiger partial charge in [0.05, 0.1) is 5.56 Å². The molecule has 1 aliphatic carbocycles. The SMILES string of the molecule is Cc1ccc(C(=O)O)cc1NC(=O)N(C)C(C)C1CC1. The quantitative estimate of drug-likeness (QED) is 0.888. The number of nitrogens with zero attached hydrogens (tertiary/aromatic N) is 1. The lowest BCUT2D eigenvalue weighted by atomic mass is 10.1. The second-order valence-corrected chi connectivity index (χ2v) is 5.45. The van der Waals surface area contributed by atoms with E-state index in [0.29, 0.717) is 11.6 Å². The molecule has 0 spiro atoms. The van der Waals surface area contributed by atoms with E-state index in [0.717, 1.165) is 5.56 Å². The molecular formula is C15H20N2O3. The third-order valence-corrected chi connectivity index (χ3v) is 3.96. The minimum atomic E-state index is -1.000. The minimum Gasteiger partial charge on any atom is -0.478 e. The number of urea groups is 1. The first-order chi connectivity index (χ1) is 9.40. The molecule has 2 amide bonds. The number of nitrogens with one attached hydrogen (secondary N) is 1. The molecule has 0 aromatic heterocycles. The largest absolute Gasteiger partial charge is 0.478 e. The average molecular weight is 276 g/mol. The zero-order valence-electron chi connectivity index (χ0n) is 12.0. The third kappa shape index (κ3) is 3.10. The van der Waals surface area contributed by atoms with Crippen LogP contribution in [-0.2, 0) is 0 Å². The number of anilines is 1. The van der Waals surface area contributed by atoms with Crippen molar-refractivity contribution in [1.82, 2.24) is 4.90 Å². The number of rotatable bonds is 4. The summed E-state index contributed by atoms with van der Waals surface area (Å²) in [5, 5.41) is 11.8. The number of aromatic carboxylic acids is 1. The predicted molar refractivity (Wildman–Crippen MR) is 77.1 cm³/mol. The van der Waals surface area contributed by atoms with Gasteiger partial charge in [0.15, 0.2) is 0 Å². The van der Waals surface area contributed by atoms with E-state index in [9.17, 15) is 9.59 Å². The number of aryl methyl sites for hydroxylation is 1. The molecule has 2 N–H and O–H groups in total. The summed E-state index contributed by atoms with van der Waals surface area (Å²) in [4.78, 5) is 24.8. The summed E-state index contributed by atoms with van der Waals surface area (Å²) in [5.41, 5.74) is 1.56. The van der Waals surface area contributed by atoms with E-state index < -0.39 is 5.97 Å². The summed E-state index contributed by atoms with van der Waals surface area (Å²) in [6, 6.07) is 4.73. The van der Waals surface area contributed by atoms with Crippen molar-refractivity contribution in [3.05, 3.63) is 29.3 Å². The second kappa shape index (κ2) is 5.53. The Kier molecular flexibility index (Phi) is 3.97. The Hall–Kier alpha value is -2.04. The molecule has 20 heavy (non-hydrogen) atoms. The number of carboxylic acid groups (broad SMARTS) is 1. The molecule has 1 aromatic carbocycles. The highest BCUT2D eigenvalue weighted by atomic mass is 16.4. The van der Waals surface area contributed by atoms with Gasteiger partial charge in [-0.1, -0.05) is 6.07 Å². The van der Waals surface area contributed by atoms with Crippen LogP contribution in [0.4, 0.5) is 10.5 Å².